The number of aromatic nitrogens is 2. The molecule has 0 fully saturated rings. The number of para-hydroxylation sites is 1. The van der Waals surface area contributed by atoms with Crippen LogP contribution in [-0.4, -0.2) is 21.4 Å². The number of anilines is 1. The number of halogens is 2. The first-order chi connectivity index (χ1) is 15.9. The molecular weight excluding hydrogens is 465 g/mol. The molecule has 1 atom stereocenters. The molecule has 1 N–H and O–H groups in total. The fourth-order valence-electron chi connectivity index (χ4n) is 3.26. The van der Waals surface area contributed by atoms with Crippen LogP contribution < -0.4 is 10.9 Å². The number of esters is 1. The molecule has 1 aromatic heterocycles. The number of hydrogen-bond donors (Lipinski definition) is 1. The number of amides is 1. The van der Waals surface area contributed by atoms with E-state index >= 15 is 0 Å². The van der Waals surface area contributed by atoms with Crippen molar-refractivity contribution in [2.24, 2.45) is 0 Å². The minimum absolute atomic E-state index is 0.342. The van der Waals surface area contributed by atoms with Crippen molar-refractivity contribution in [3.05, 3.63) is 105 Å². The average Bonchev–Trinajstić information content (AvgIpc) is 2.79. The minimum atomic E-state index is -1.26. The first-order valence-corrected chi connectivity index (χ1v) is 10.6. The molecule has 0 spiro atoms. The second kappa shape index (κ2) is 9.85. The molecule has 0 aliphatic heterocycles. The predicted octanol–water partition coefficient (Wildman–Crippen LogP) is 4.63. The Morgan fingerprint density at radius 1 is 0.970 bits per heavy atom. The summed E-state index contributed by atoms with van der Waals surface area (Å²) in [6.07, 6.45) is 0.0119. The van der Waals surface area contributed by atoms with Gasteiger partial charge in [0.05, 0.1) is 17.2 Å². The smallest absolute Gasteiger partial charge is 0.327 e. The lowest BCUT2D eigenvalue weighted by molar-refractivity contribution is -0.155. The van der Waals surface area contributed by atoms with Gasteiger partial charge in [0.15, 0.2) is 0 Å². The molecule has 4 aromatic rings. The van der Waals surface area contributed by atoms with Crippen LogP contribution in [0.2, 0.25) is 10.0 Å². The molecule has 3 aromatic carbocycles. The lowest BCUT2D eigenvalue weighted by Gasteiger charge is -2.18. The van der Waals surface area contributed by atoms with E-state index in [9.17, 15) is 14.4 Å². The Morgan fingerprint density at radius 3 is 2.36 bits per heavy atom. The summed E-state index contributed by atoms with van der Waals surface area (Å²) in [7, 11) is 0. The molecule has 4 rings (SSSR count). The van der Waals surface area contributed by atoms with E-state index in [1.807, 2.05) is 0 Å². The number of rotatable bonds is 6. The summed E-state index contributed by atoms with van der Waals surface area (Å²) in [5, 5.41) is 3.72. The molecule has 166 valence electrons. The van der Waals surface area contributed by atoms with Gasteiger partial charge in [-0.05, 0) is 30.3 Å². The van der Waals surface area contributed by atoms with Gasteiger partial charge in [-0.3, -0.25) is 19.0 Å². The van der Waals surface area contributed by atoms with Gasteiger partial charge in [0, 0.05) is 21.3 Å². The van der Waals surface area contributed by atoms with Gasteiger partial charge in [-0.1, -0.05) is 65.7 Å². The Bertz CT molecular complexity index is 1370. The van der Waals surface area contributed by atoms with Crippen molar-refractivity contribution in [1.29, 1.82) is 0 Å². The predicted molar refractivity (Wildman–Crippen MR) is 126 cm³/mol. The van der Waals surface area contributed by atoms with Gasteiger partial charge in [-0.2, -0.15) is 0 Å². The Hall–Kier alpha value is -3.68. The highest BCUT2D eigenvalue weighted by Gasteiger charge is 2.26. The second-order valence-corrected chi connectivity index (χ2v) is 8.00. The van der Waals surface area contributed by atoms with Crippen molar-refractivity contribution in [2.45, 2.75) is 12.6 Å². The van der Waals surface area contributed by atoms with E-state index in [1.54, 1.807) is 54.6 Å². The lowest BCUT2D eigenvalue weighted by atomic mass is 10.1. The third-order valence-electron chi connectivity index (χ3n) is 4.75. The quantitative estimate of drug-likeness (QED) is 0.405. The molecule has 1 amide bonds. The number of nitrogens with one attached hydrogen (secondary N) is 1. The number of fused-ring (bicyclic) bond motifs is 1. The molecule has 0 radical (unpaired) electrons. The molecule has 1 unspecified atom stereocenters. The van der Waals surface area contributed by atoms with Crippen LogP contribution in [0.1, 0.15) is 11.7 Å². The highest BCUT2D eigenvalue weighted by atomic mass is 35.5. The highest BCUT2D eigenvalue weighted by molar-refractivity contribution is 6.35. The van der Waals surface area contributed by atoms with Gasteiger partial charge in [0.1, 0.15) is 6.54 Å². The van der Waals surface area contributed by atoms with Gasteiger partial charge >= 0.3 is 5.97 Å². The standard InChI is InChI=1S/C24H17Cl2N3O4/c25-16-10-17(26)12-18(11-16)28-23(31)22(15-6-2-1-3-7-15)33-21(30)13-29-14-27-20-9-5-4-8-19(20)24(29)32/h1-12,14,22H,13H2,(H,28,31). The maximum absolute atomic E-state index is 13.0. The Kier molecular flexibility index (Phi) is 6.72. The van der Waals surface area contributed by atoms with E-state index in [0.717, 1.165) is 4.57 Å². The van der Waals surface area contributed by atoms with Crippen molar-refractivity contribution < 1.29 is 14.3 Å². The summed E-state index contributed by atoms with van der Waals surface area (Å²) >= 11 is 12.0. The summed E-state index contributed by atoms with van der Waals surface area (Å²) in [6.45, 7) is -0.406. The van der Waals surface area contributed by atoms with E-state index < -0.39 is 24.5 Å². The van der Waals surface area contributed by atoms with Gasteiger partial charge in [0.2, 0.25) is 6.10 Å². The SMILES string of the molecule is O=C(Cn1cnc2ccccc2c1=O)OC(C(=O)Nc1cc(Cl)cc(Cl)c1)c1ccccc1. The molecule has 7 nitrogen and oxygen atoms in total. The van der Waals surface area contributed by atoms with Crippen molar-refractivity contribution in [3.63, 3.8) is 0 Å². The minimum Gasteiger partial charge on any atom is -0.446 e. The van der Waals surface area contributed by atoms with E-state index in [1.165, 1.54) is 24.5 Å². The fourth-order valence-corrected chi connectivity index (χ4v) is 3.79. The molecule has 9 heteroatoms. The third kappa shape index (κ3) is 5.39. The summed E-state index contributed by atoms with van der Waals surface area (Å²) in [5.41, 5.74) is 0.950. The van der Waals surface area contributed by atoms with Crippen LogP contribution in [0.15, 0.2) is 83.9 Å². The molecule has 0 saturated heterocycles. The fraction of sp³-hybridized carbons (Fsp3) is 0.0833. The number of benzene rings is 3. The van der Waals surface area contributed by atoms with E-state index in [-0.39, 0.29) is 5.56 Å². The largest absolute Gasteiger partial charge is 0.446 e. The maximum Gasteiger partial charge on any atom is 0.327 e. The Balaban J connectivity index is 1.57. The van der Waals surface area contributed by atoms with Crippen molar-refractivity contribution >= 4 is 51.7 Å². The van der Waals surface area contributed by atoms with Gasteiger partial charge in [-0.15, -0.1) is 0 Å². The first-order valence-electron chi connectivity index (χ1n) is 9.86. The molecule has 0 aliphatic rings. The average molecular weight is 482 g/mol. The van der Waals surface area contributed by atoms with Crippen LogP contribution in [0.5, 0.6) is 0 Å². The molecule has 0 aliphatic carbocycles. The van der Waals surface area contributed by atoms with Crippen LogP contribution >= 0.6 is 23.2 Å². The van der Waals surface area contributed by atoms with Crippen molar-refractivity contribution in [1.82, 2.24) is 9.55 Å². The second-order valence-electron chi connectivity index (χ2n) is 7.12. The number of nitrogens with zero attached hydrogens (tertiary/aromatic N) is 2. The maximum atomic E-state index is 13.0. The van der Waals surface area contributed by atoms with Crippen molar-refractivity contribution in [3.8, 4) is 0 Å². The number of carbonyl (C=O) groups excluding carboxylic acids is 2. The number of ether oxygens (including phenoxy) is 1. The van der Waals surface area contributed by atoms with Gasteiger partial charge < -0.3 is 10.1 Å². The molecule has 33 heavy (non-hydrogen) atoms. The normalized spacial score (nSPS) is 11.7. The Morgan fingerprint density at radius 2 is 1.64 bits per heavy atom. The van der Waals surface area contributed by atoms with E-state index in [4.69, 9.17) is 27.9 Å². The van der Waals surface area contributed by atoms with Crippen LogP contribution in [-0.2, 0) is 20.9 Å². The van der Waals surface area contributed by atoms with E-state index in [2.05, 4.69) is 10.3 Å². The summed E-state index contributed by atoms with van der Waals surface area (Å²) in [6, 6.07) is 19.9. The monoisotopic (exact) mass is 481 g/mol. The molecular formula is C24H17Cl2N3O4. The zero-order valence-corrected chi connectivity index (χ0v) is 18.6. The van der Waals surface area contributed by atoms with Crippen LogP contribution in [0.4, 0.5) is 5.69 Å². The topological polar surface area (TPSA) is 90.3 Å². The summed E-state index contributed by atoms with van der Waals surface area (Å²) in [5.74, 6) is -1.38. The molecule has 0 bridgehead atoms. The van der Waals surface area contributed by atoms with E-state index in [0.29, 0.717) is 32.2 Å². The van der Waals surface area contributed by atoms with Crippen molar-refractivity contribution in [2.75, 3.05) is 5.32 Å². The summed E-state index contributed by atoms with van der Waals surface area (Å²) in [4.78, 5) is 42.6. The zero-order valence-electron chi connectivity index (χ0n) is 17.1. The lowest BCUT2D eigenvalue weighted by Crippen LogP contribution is -2.30. The first kappa shape index (κ1) is 22.5. The third-order valence-corrected chi connectivity index (χ3v) is 5.19. The van der Waals surface area contributed by atoms with Crippen LogP contribution in [0.25, 0.3) is 10.9 Å². The van der Waals surface area contributed by atoms with Crippen LogP contribution in [0.3, 0.4) is 0 Å². The zero-order chi connectivity index (χ0) is 23.4. The Labute approximate surface area is 198 Å². The number of carbonyl (C=O) groups is 2. The molecule has 1 heterocycles. The highest BCUT2D eigenvalue weighted by Crippen LogP contribution is 2.25. The van der Waals surface area contributed by atoms with Crippen LogP contribution in [0, 0.1) is 0 Å². The van der Waals surface area contributed by atoms with Gasteiger partial charge in [0.25, 0.3) is 11.5 Å². The summed E-state index contributed by atoms with van der Waals surface area (Å²) < 4.78 is 6.64. The van der Waals surface area contributed by atoms with Gasteiger partial charge in [-0.25, -0.2) is 4.98 Å². The number of hydrogen-bond acceptors (Lipinski definition) is 5. The molecule has 0 saturated carbocycles.